The summed E-state index contributed by atoms with van der Waals surface area (Å²) in [5, 5.41) is 10.8. The van der Waals surface area contributed by atoms with Crippen LogP contribution in [0, 0.1) is 5.92 Å². The zero-order valence-electron chi connectivity index (χ0n) is 16.7. The van der Waals surface area contributed by atoms with Crippen LogP contribution < -0.4 is 4.90 Å². The van der Waals surface area contributed by atoms with Crippen LogP contribution in [-0.4, -0.2) is 37.8 Å². The molecule has 4 aromatic rings. The fourth-order valence-electron chi connectivity index (χ4n) is 4.62. The number of thioether (sulfide) groups is 1. The first-order valence-electron chi connectivity index (χ1n) is 10.3. The van der Waals surface area contributed by atoms with E-state index in [1.54, 1.807) is 17.7 Å². The Bertz CT molecular complexity index is 1290. The van der Waals surface area contributed by atoms with Crippen LogP contribution in [0.3, 0.4) is 0 Å². The molecule has 1 amide bonds. The van der Waals surface area contributed by atoms with Gasteiger partial charge < -0.3 is 4.90 Å². The molecule has 2 aliphatic rings. The van der Waals surface area contributed by atoms with Crippen molar-refractivity contribution in [3.8, 4) is 0 Å². The molecule has 6 rings (SSSR count). The average molecular weight is 436 g/mol. The Balaban J connectivity index is 1.28. The van der Waals surface area contributed by atoms with Gasteiger partial charge in [-0.1, -0.05) is 36.9 Å². The predicted molar refractivity (Wildman–Crippen MR) is 121 cm³/mol. The van der Waals surface area contributed by atoms with Crippen LogP contribution in [0.2, 0.25) is 0 Å². The number of nitrogens with zero attached hydrogens (tertiary/aromatic N) is 5. The van der Waals surface area contributed by atoms with E-state index in [1.165, 1.54) is 34.2 Å². The maximum absolute atomic E-state index is 12.9. The minimum Gasteiger partial charge on any atom is -0.311 e. The number of para-hydroxylation sites is 1. The molecule has 0 unspecified atom stereocenters. The molecular formula is C22H21N5OS2. The van der Waals surface area contributed by atoms with E-state index in [4.69, 9.17) is 4.98 Å². The smallest absolute Gasteiger partial charge is 0.237 e. The summed E-state index contributed by atoms with van der Waals surface area (Å²) in [6, 6.07) is 8.14. The van der Waals surface area contributed by atoms with Crippen molar-refractivity contribution < 1.29 is 4.79 Å². The Kier molecular flexibility index (Phi) is 4.31. The SMILES string of the molecule is C[C@H]1CCc2c(sc3ncn4c(SCC(=O)N5CCc6ccccc65)nnc4c23)C1. The van der Waals surface area contributed by atoms with Crippen molar-refractivity contribution in [2.75, 3.05) is 17.2 Å². The second-order valence-electron chi connectivity index (χ2n) is 8.17. The molecular weight excluding hydrogens is 414 g/mol. The van der Waals surface area contributed by atoms with Crippen molar-refractivity contribution in [1.29, 1.82) is 0 Å². The molecule has 3 aromatic heterocycles. The molecule has 4 heterocycles. The van der Waals surface area contributed by atoms with Gasteiger partial charge in [0.15, 0.2) is 10.8 Å². The number of amides is 1. The Labute approximate surface area is 182 Å². The normalized spacial score (nSPS) is 18.2. The van der Waals surface area contributed by atoms with Crippen molar-refractivity contribution >= 4 is 50.6 Å². The Morgan fingerprint density at radius 3 is 3.10 bits per heavy atom. The van der Waals surface area contributed by atoms with E-state index in [1.807, 2.05) is 27.5 Å². The van der Waals surface area contributed by atoms with Gasteiger partial charge in [0.2, 0.25) is 5.91 Å². The lowest BCUT2D eigenvalue weighted by Crippen LogP contribution is -2.30. The first-order valence-corrected chi connectivity index (χ1v) is 12.1. The van der Waals surface area contributed by atoms with Gasteiger partial charge in [0.25, 0.3) is 0 Å². The third-order valence-electron chi connectivity index (χ3n) is 6.18. The predicted octanol–water partition coefficient (Wildman–Crippen LogP) is 4.15. The van der Waals surface area contributed by atoms with Gasteiger partial charge in [0, 0.05) is 17.1 Å². The Morgan fingerprint density at radius 1 is 1.27 bits per heavy atom. The molecule has 30 heavy (non-hydrogen) atoms. The number of aryl methyl sites for hydroxylation is 1. The lowest BCUT2D eigenvalue weighted by atomic mass is 9.89. The van der Waals surface area contributed by atoms with E-state index in [9.17, 15) is 4.79 Å². The zero-order chi connectivity index (χ0) is 20.2. The second-order valence-corrected chi connectivity index (χ2v) is 10.2. The maximum atomic E-state index is 12.9. The lowest BCUT2D eigenvalue weighted by Gasteiger charge is -2.17. The van der Waals surface area contributed by atoms with Crippen LogP contribution in [0.15, 0.2) is 35.7 Å². The van der Waals surface area contributed by atoms with Crippen molar-refractivity contribution in [3.63, 3.8) is 0 Å². The standard InChI is InChI=1S/C22H21N5OS2/c1-13-6-7-15-17(10-13)30-21-19(15)20-24-25-22(27(20)12-23-21)29-11-18(28)26-9-8-14-4-2-3-5-16(14)26/h2-5,12-13H,6-11H2,1H3/t13-/m0/s1. The quantitative estimate of drug-likeness (QED) is 0.453. The van der Waals surface area contributed by atoms with E-state index in [-0.39, 0.29) is 5.91 Å². The number of hydrogen-bond acceptors (Lipinski definition) is 6. The highest BCUT2D eigenvalue weighted by Gasteiger charge is 2.26. The fraction of sp³-hybridized carbons (Fsp3) is 0.364. The van der Waals surface area contributed by atoms with Gasteiger partial charge in [-0.25, -0.2) is 4.98 Å². The molecule has 1 aliphatic heterocycles. The van der Waals surface area contributed by atoms with Crippen molar-refractivity contribution in [2.24, 2.45) is 5.92 Å². The summed E-state index contributed by atoms with van der Waals surface area (Å²) in [5.74, 6) is 1.18. The molecule has 1 atom stereocenters. The molecule has 1 aromatic carbocycles. The maximum Gasteiger partial charge on any atom is 0.237 e. The van der Waals surface area contributed by atoms with Gasteiger partial charge in [0.05, 0.1) is 11.1 Å². The van der Waals surface area contributed by atoms with Gasteiger partial charge in [-0.2, -0.15) is 0 Å². The van der Waals surface area contributed by atoms with Crippen molar-refractivity contribution in [3.05, 3.63) is 46.6 Å². The Morgan fingerprint density at radius 2 is 2.17 bits per heavy atom. The number of carbonyl (C=O) groups is 1. The van der Waals surface area contributed by atoms with Gasteiger partial charge in [-0.15, -0.1) is 21.5 Å². The van der Waals surface area contributed by atoms with Gasteiger partial charge >= 0.3 is 0 Å². The van der Waals surface area contributed by atoms with E-state index >= 15 is 0 Å². The van der Waals surface area contributed by atoms with E-state index in [0.29, 0.717) is 5.75 Å². The van der Waals surface area contributed by atoms with Crippen molar-refractivity contribution in [1.82, 2.24) is 19.6 Å². The lowest BCUT2D eigenvalue weighted by molar-refractivity contribution is -0.116. The summed E-state index contributed by atoms with van der Waals surface area (Å²) in [7, 11) is 0. The molecule has 6 nitrogen and oxygen atoms in total. The summed E-state index contributed by atoms with van der Waals surface area (Å²) < 4.78 is 1.95. The van der Waals surface area contributed by atoms with Gasteiger partial charge in [-0.05, 0) is 48.8 Å². The fourth-order valence-corrected chi connectivity index (χ4v) is 6.74. The average Bonchev–Trinajstić information content (AvgIpc) is 3.45. The molecule has 0 N–H and O–H groups in total. The minimum atomic E-state index is 0.109. The number of fused-ring (bicyclic) bond motifs is 6. The summed E-state index contributed by atoms with van der Waals surface area (Å²) in [4.78, 5) is 22.0. The number of hydrogen-bond donors (Lipinski definition) is 0. The van der Waals surface area contributed by atoms with Crippen molar-refractivity contribution in [2.45, 2.75) is 37.8 Å². The number of benzene rings is 1. The van der Waals surface area contributed by atoms with Crippen LogP contribution in [0.1, 0.15) is 29.3 Å². The molecule has 152 valence electrons. The van der Waals surface area contributed by atoms with Crippen LogP contribution in [0.25, 0.3) is 15.9 Å². The summed E-state index contributed by atoms with van der Waals surface area (Å²) in [6.07, 6.45) is 6.15. The van der Waals surface area contributed by atoms with Crippen LogP contribution in [-0.2, 0) is 24.1 Å². The Hall–Kier alpha value is -2.45. The third kappa shape index (κ3) is 2.85. The van der Waals surface area contributed by atoms with Crippen LogP contribution >= 0.6 is 23.1 Å². The number of carbonyl (C=O) groups excluding carboxylic acids is 1. The highest BCUT2D eigenvalue weighted by Crippen LogP contribution is 2.39. The zero-order valence-corrected chi connectivity index (χ0v) is 18.3. The first-order chi connectivity index (χ1) is 14.7. The second kappa shape index (κ2) is 7.06. The number of thiophene rings is 1. The van der Waals surface area contributed by atoms with Crippen LogP contribution in [0.4, 0.5) is 5.69 Å². The van der Waals surface area contributed by atoms with E-state index in [0.717, 1.165) is 58.4 Å². The number of anilines is 1. The number of rotatable bonds is 3. The largest absolute Gasteiger partial charge is 0.311 e. The third-order valence-corrected chi connectivity index (χ3v) is 8.27. The molecule has 0 saturated heterocycles. The molecule has 0 radical (unpaired) electrons. The molecule has 1 aliphatic carbocycles. The van der Waals surface area contributed by atoms with Gasteiger partial charge in [-0.3, -0.25) is 9.20 Å². The molecule has 0 fully saturated rings. The first kappa shape index (κ1) is 18.3. The van der Waals surface area contributed by atoms with Crippen LogP contribution in [0.5, 0.6) is 0 Å². The molecule has 0 saturated carbocycles. The summed E-state index contributed by atoms with van der Waals surface area (Å²) in [6.45, 7) is 3.07. The summed E-state index contributed by atoms with van der Waals surface area (Å²) >= 11 is 3.23. The molecule has 0 bridgehead atoms. The van der Waals surface area contributed by atoms with E-state index < -0.39 is 0 Å². The highest BCUT2D eigenvalue weighted by molar-refractivity contribution is 7.99. The molecule has 0 spiro atoms. The van der Waals surface area contributed by atoms with E-state index in [2.05, 4.69) is 23.2 Å². The van der Waals surface area contributed by atoms with Gasteiger partial charge in [0.1, 0.15) is 11.2 Å². The summed E-state index contributed by atoms with van der Waals surface area (Å²) in [5.41, 5.74) is 4.55. The molecule has 8 heteroatoms. The highest BCUT2D eigenvalue weighted by atomic mass is 32.2. The monoisotopic (exact) mass is 435 g/mol. The topological polar surface area (TPSA) is 63.4 Å². The number of aromatic nitrogens is 4. The minimum absolute atomic E-state index is 0.109.